The Labute approximate surface area is 174 Å². The Morgan fingerprint density at radius 2 is 1.90 bits per heavy atom. The van der Waals surface area contributed by atoms with Crippen LogP contribution in [-0.2, 0) is 19.2 Å². The number of hydroxylamine groups is 2. The number of carbonyl (C=O) groups excluding carboxylic acids is 2. The molecule has 6 nitrogen and oxygen atoms in total. The molecule has 4 rings (SSSR count). The van der Waals surface area contributed by atoms with Gasteiger partial charge in [0.15, 0.2) is 0 Å². The van der Waals surface area contributed by atoms with E-state index < -0.39 is 0 Å². The van der Waals surface area contributed by atoms with E-state index >= 15 is 0 Å². The van der Waals surface area contributed by atoms with E-state index in [1.54, 1.807) is 12.1 Å². The van der Waals surface area contributed by atoms with Crippen LogP contribution in [0, 0.1) is 5.92 Å². The molecule has 0 unspecified atom stereocenters. The first-order valence-electron chi connectivity index (χ1n) is 9.55. The van der Waals surface area contributed by atoms with E-state index in [1.807, 2.05) is 36.4 Å². The summed E-state index contributed by atoms with van der Waals surface area (Å²) >= 11 is 5.98. The number of para-hydroxylation sites is 1. The second-order valence-electron chi connectivity index (χ2n) is 7.30. The molecule has 7 heteroatoms. The second-order valence-corrected chi connectivity index (χ2v) is 7.74. The zero-order valence-corrected chi connectivity index (χ0v) is 16.8. The van der Waals surface area contributed by atoms with Crippen molar-refractivity contribution in [3.05, 3.63) is 64.7 Å². The average molecular weight is 416 g/mol. The number of halogens is 1. The molecule has 3 atom stereocenters. The van der Waals surface area contributed by atoms with E-state index in [1.165, 1.54) is 12.2 Å². The van der Waals surface area contributed by atoms with E-state index in [4.69, 9.17) is 25.9 Å². The van der Waals surface area contributed by atoms with Gasteiger partial charge in [-0.25, -0.2) is 5.06 Å². The molecule has 0 N–H and O–H groups in total. The molecule has 0 saturated carbocycles. The van der Waals surface area contributed by atoms with Gasteiger partial charge in [-0.05, 0) is 23.8 Å². The van der Waals surface area contributed by atoms with Gasteiger partial charge in [0.05, 0.1) is 32.8 Å². The normalized spacial score (nSPS) is 21.0. The number of amides is 1. The van der Waals surface area contributed by atoms with E-state index in [0.29, 0.717) is 18.2 Å². The third kappa shape index (κ3) is 4.09. The van der Waals surface area contributed by atoms with Gasteiger partial charge in [-0.2, -0.15) is 0 Å². The minimum atomic E-state index is -0.366. The lowest BCUT2D eigenvalue weighted by molar-refractivity contribution is -0.177. The molecule has 2 aromatic carbocycles. The zero-order valence-electron chi connectivity index (χ0n) is 16.0. The van der Waals surface area contributed by atoms with Crippen LogP contribution in [0.2, 0.25) is 5.02 Å². The Hall–Kier alpha value is -2.57. The third-order valence-corrected chi connectivity index (χ3v) is 5.72. The lowest BCUT2D eigenvalue weighted by atomic mass is 9.89. The van der Waals surface area contributed by atoms with E-state index in [2.05, 4.69) is 0 Å². The summed E-state index contributed by atoms with van der Waals surface area (Å²) in [5.41, 5.74) is 1.81. The van der Waals surface area contributed by atoms with Crippen molar-refractivity contribution in [2.24, 2.45) is 5.92 Å². The number of hydrogen-bond acceptors (Lipinski definition) is 5. The monoisotopic (exact) mass is 415 g/mol. The summed E-state index contributed by atoms with van der Waals surface area (Å²) < 4.78 is 10.6. The maximum absolute atomic E-state index is 13.2. The molecule has 0 aromatic heterocycles. The van der Waals surface area contributed by atoms with Gasteiger partial charge in [-0.1, -0.05) is 41.9 Å². The largest absolute Gasteiger partial charge is 0.493 e. The lowest BCUT2D eigenvalue weighted by Gasteiger charge is -2.32. The van der Waals surface area contributed by atoms with Gasteiger partial charge < -0.3 is 9.47 Å². The van der Waals surface area contributed by atoms with Crippen molar-refractivity contribution in [1.82, 2.24) is 5.06 Å². The molecular weight excluding hydrogens is 394 g/mol. The van der Waals surface area contributed by atoms with Gasteiger partial charge in [0, 0.05) is 28.8 Å². The van der Waals surface area contributed by atoms with Crippen molar-refractivity contribution in [2.75, 3.05) is 20.3 Å². The molecule has 1 saturated heterocycles. The fourth-order valence-corrected chi connectivity index (χ4v) is 4.09. The van der Waals surface area contributed by atoms with Crippen LogP contribution < -0.4 is 4.74 Å². The molecule has 1 fully saturated rings. The summed E-state index contributed by atoms with van der Waals surface area (Å²) in [7, 11) is 1.34. The quantitative estimate of drug-likeness (QED) is 0.693. The van der Waals surface area contributed by atoms with Gasteiger partial charge in [-0.3, -0.25) is 14.4 Å². The number of fused-ring (bicyclic) bond motifs is 3. The third-order valence-electron chi connectivity index (χ3n) is 5.47. The van der Waals surface area contributed by atoms with Crippen LogP contribution >= 0.6 is 11.6 Å². The first-order valence-corrected chi connectivity index (χ1v) is 9.93. The van der Waals surface area contributed by atoms with Crippen molar-refractivity contribution >= 4 is 23.5 Å². The van der Waals surface area contributed by atoms with Gasteiger partial charge in [0.1, 0.15) is 5.75 Å². The number of esters is 1. The SMILES string of the molecule is COC(=O)C[C@@H](CC(=O)N1OC[C@H]2COc3ccccc3[C@H]21)c1ccc(Cl)cc1. The number of nitrogens with zero attached hydrogens (tertiary/aromatic N) is 1. The fourth-order valence-electron chi connectivity index (χ4n) is 3.97. The van der Waals surface area contributed by atoms with Crippen LogP contribution in [0.4, 0.5) is 0 Å². The first kappa shape index (κ1) is 19.7. The van der Waals surface area contributed by atoms with Crippen LogP contribution in [0.5, 0.6) is 5.75 Å². The summed E-state index contributed by atoms with van der Waals surface area (Å²) in [6, 6.07) is 14.7. The Balaban J connectivity index is 1.56. The van der Waals surface area contributed by atoms with Crippen LogP contribution in [0.1, 0.15) is 35.9 Å². The predicted molar refractivity (Wildman–Crippen MR) is 106 cm³/mol. The minimum absolute atomic E-state index is 0.0865. The van der Waals surface area contributed by atoms with E-state index in [9.17, 15) is 9.59 Å². The maximum atomic E-state index is 13.2. The highest BCUT2D eigenvalue weighted by Crippen LogP contribution is 2.44. The summed E-state index contributed by atoms with van der Waals surface area (Å²) in [5, 5.41) is 2.06. The molecule has 2 aliphatic heterocycles. The molecular formula is C22H22ClNO5. The molecule has 0 spiro atoms. The second kappa shape index (κ2) is 8.43. The standard InChI is InChI=1S/C22H22ClNO5/c1-27-21(26)11-15(14-6-8-17(23)9-7-14)10-20(25)24-22-16(13-29-24)12-28-19-5-3-2-4-18(19)22/h2-9,15-16,22H,10-13H2,1H3/t15-,16-,22+/m1/s1. The van der Waals surface area contributed by atoms with Crippen molar-refractivity contribution in [3.63, 3.8) is 0 Å². The molecule has 2 aromatic rings. The van der Waals surface area contributed by atoms with Gasteiger partial charge in [0.25, 0.3) is 0 Å². The first-order chi connectivity index (χ1) is 14.1. The Bertz CT molecular complexity index is 900. The van der Waals surface area contributed by atoms with Crippen LogP contribution in [0.3, 0.4) is 0 Å². The van der Waals surface area contributed by atoms with Crippen LogP contribution in [-0.4, -0.2) is 37.3 Å². The highest BCUT2D eigenvalue weighted by atomic mass is 35.5. The summed E-state index contributed by atoms with van der Waals surface area (Å²) in [5.74, 6) is 0.00156. The predicted octanol–water partition coefficient (Wildman–Crippen LogP) is 3.90. The van der Waals surface area contributed by atoms with Crippen LogP contribution in [0.25, 0.3) is 0 Å². The number of ether oxygens (including phenoxy) is 2. The molecule has 0 radical (unpaired) electrons. The summed E-state index contributed by atoms with van der Waals surface area (Å²) in [6.07, 6.45) is 0.231. The lowest BCUT2D eigenvalue weighted by Crippen LogP contribution is -2.35. The van der Waals surface area contributed by atoms with Crippen LogP contribution in [0.15, 0.2) is 48.5 Å². The maximum Gasteiger partial charge on any atom is 0.306 e. The molecule has 29 heavy (non-hydrogen) atoms. The number of methoxy groups -OCH3 is 1. The van der Waals surface area contributed by atoms with E-state index in [-0.39, 0.29) is 42.6 Å². The summed E-state index contributed by atoms with van der Waals surface area (Å²) in [6.45, 7) is 0.932. The van der Waals surface area contributed by atoms with Gasteiger partial charge in [-0.15, -0.1) is 0 Å². The Morgan fingerprint density at radius 1 is 1.14 bits per heavy atom. The summed E-state index contributed by atoms with van der Waals surface area (Å²) in [4.78, 5) is 30.9. The molecule has 0 bridgehead atoms. The van der Waals surface area contributed by atoms with Crippen molar-refractivity contribution in [2.45, 2.75) is 24.8 Å². The highest BCUT2D eigenvalue weighted by Gasteiger charge is 2.44. The highest BCUT2D eigenvalue weighted by molar-refractivity contribution is 6.30. The molecule has 152 valence electrons. The Morgan fingerprint density at radius 3 is 2.66 bits per heavy atom. The number of hydrogen-bond donors (Lipinski definition) is 0. The molecule has 2 heterocycles. The van der Waals surface area contributed by atoms with Crippen molar-refractivity contribution in [1.29, 1.82) is 0 Å². The Kier molecular flexibility index (Phi) is 5.74. The number of rotatable bonds is 5. The van der Waals surface area contributed by atoms with Gasteiger partial charge in [0.2, 0.25) is 5.91 Å². The van der Waals surface area contributed by atoms with Crippen molar-refractivity contribution in [3.8, 4) is 5.75 Å². The van der Waals surface area contributed by atoms with E-state index in [0.717, 1.165) is 16.9 Å². The number of benzene rings is 2. The van der Waals surface area contributed by atoms with Gasteiger partial charge >= 0.3 is 5.97 Å². The topological polar surface area (TPSA) is 65.1 Å². The zero-order chi connectivity index (χ0) is 20.4. The fraction of sp³-hybridized carbons (Fsp3) is 0.364. The molecule has 0 aliphatic carbocycles. The average Bonchev–Trinajstić information content (AvgIpc) is 3.18. The molecule has 1 amide bonds. The minimum Gasteiger partial charge on any atom is -0.493 e. The number of carbonyl (C=O) groups is 2. The van der Waals surface area contributed by atoms with Crippen molar-refractivity contribution < 1.29 is 23.9 Å². The smallest absolute Gasteiger partial charge is 0.306 e. The molecule has 2 aliphatic rings.